The van der Waals surface area contributed by atoms with Gasteiger partial charge in [0.1, 0.15) is 0 Å². The van der Waals surface area contributed by atoms with Crippen LogP contribution in [0.15, 0.2) is 330 Å². The number of rotatable bonds is 6. The summed E-state index contributed by atoms with van der Waals surface area (Å²) in [5.41, 5.74) is 12.7. The summed E-state index contributed by atoms with van der Waals surface area (Å²) in [7, 11) is -1.42. The number of hydrogen-bond donors (Lipinski definition) is 2. The van der Waals surface area contributed by atoms with Gasteiger partial charge in [-0.05, 0) is 182 Å². The molecule has 17 aromatic carbocycles. The fourth-order valence-electron chi connectivity index (χ4n) is 13.2. The van der Waals surface area contributed by atoms with E-state index in [2.05, 4.69) is 311 Å². The van der Waals surface area contributed by atoms with Crippen LogP contribution in [0.3, 0.4) is 0 Å². The molecule has 0 aliphatic carbocycles. The van der Waals surface area contributed by atoms with Crippen LogP contribution >= 0.6 is 31.9 Å². The van der Waals surface area contributed by atoms with E-state index in [1.54, 1.807) is 12.1 Å². The molecule has 0 aliphatic rings. The highest BCUT2D eigenvalue weighted by atomic mass is 79.9. The zero-order chi connectivity index (χ0) is 60.0. The van der Waals surface area contributed by atoms with Gasteiger partial charge in [0.25, 0.3) is 0 Å². The van der Waals surface area contributed by atoms with E-state index in [0.29, 0.717) is 5.46 Å². The Morgan fingerprint density at radius 2 is 0.427 bits per heavy atom. The maximum atomic E-state index is 9.11. The van der Waals surface area contributed by atoms with E-state index < -0.39 is 7.12 Å². The van der Waals surface area contributed by atoms with Crippen molar-refractivity contribution in [2.24, 2.45) is 0 Å². The predicted octanol–water partition coefficient (Wildman–Crippen LogP) is 23.0. The highest BCUT2D eigenvalue weighted by molar-refractivity contribution is 9.11. The number of hydrogen-bond acceptors (Lipinski definition) is 2. The Morgan fingerprint density at radius 3 is 0.753 bits per heavy atom. The van der Waals surface area contributed by atoms with Gasteiger partial charge in [-0.3, -0.25) is 0 Å². The van der Waals surface area contributed by atoms with Crippen molar-refractivity contribution in [3.05, 3.63) is 330 Å². The molecular formula is C84H55BBr2O2. The molecule has 0 saturated heterocycles. The highest BCUT2D eigenvalue weighted by Gasteiger charge is 2.17. The second-order valence-electron chi connectivity index (χ2n) is 22.7. The Morgan fingerprint density at radius 1 is 0.191 bits per heavy atom. The second kappa shape index (κ2) is 24.0. The quantitative estimate of drug-likeness (QED) is 0.129. The van der Waals surface area contributed by atoms with Gasteiger partial charge in [-0.15, -0.1) is 0 Å². The van der Waals surface area contributed by atoms with Crippen molar-refractivity contribution < 1.29 is 10.0 Å². The largest absolute Gasteiger partial charge is 0.488 e. The molecule has 2 nitrogen and oxygen atoms in total. The fourth-order valence-corrected chi connectivity index (χ4v) is 14.4. The minimum atomic E-state index is -1.42. The normalized spacial score (nSPS) is 11.4. The molecule has 89 heavy (non-hydrogen) atoms. The summed E-state index contributed by atoms with van der Waals surface area (Å²) in [5, 5.41) is 41.0. The second-order valence-corrected chi connectivity index (χ2v) is 24.4. The number of fused-ring (bicyclic) bond motifs is 13. The first-order valence-electron chi connectivity index (χ1n) is 30.0. The zero-order valence-electron chi connectivity index (χ0n) is 48.3. The van der Waals surface area contributed by atoms with Crippen LogP contribution < -0.4 is 5.46 Å². The van der Waals surface area contributed by atoms with Gasteiger partial charge in [0, 0.05) is 8.95 Å². The monoisotopic (exact) mass is 1260 g/mol. The average molecular weight is 1270 g/mol. The van der Waals surface area contributed by atoms with Gasteiger partial charge in [0.05, 0.1) is 0 Å². The summed E-state index contributed by atoms with van der Waals surface area (Å²) in [5.74, 6) is 0. The Kier molecular flexibility index (Phi) is 15.0. The standard InChI is InChI=1S/C50H32.C18H10Br2.C16H13BO2/c1-3-15-39-33(11-1)13-9-21-41(39)35-23-27-37(28-24-35)47-31-49-46-20-8-6-18-44(46)48(32-50(49)45-19-7-5-17-43(45)47)38-29-25-36(26-30-38)42-22-10-14-34-12-2-4-16-40(34)42;19-17-10-16-12-6-2-4-8-14(12)18(20)9-15(16)11-5-1-3-7-13(11)17;18-17(19)14-10-8-13(9-11-14)16-7-3-5-12-4-1-2-6-15(12)16/h1-32H;1-10H;1-11,18-19H. The van der Waals surface area contributed by atoms with Gasteiger partial charge < -0.3 is 10.0 Å². The van der Waals surface area contributed by atoms with Gasteiger partial charge in [-0.25, -0.2) is 0 Å². The molecule has 0 aliphatic heterocycles. The fraction of sp³-hybridized carbons (Fsp3) is 0. The van der Waals surface area contributed by atoms with E-state index in [1.807, 2.05) is 30.3 Å². The number of halogens is 2. The first kappa shape index (κ1) is 55.6. The van der Waals surface area contributed by atoms with Crippen molar-refractivity contribution in [1.29, 1.82) is 0 Å². The smallest absolute Gasteiger partial charge is 0.423 e. The van der Waals surface area contributed by atoms with Gasteiger partial charge in [-0.2, -0.15) is 0 Å². The van der Waals surface area contributed by atoms with Crippen molar-refractivity contribution in [2.45, 2.75) is 0 Å². The molecule has 0 saturated carbocycles. The molecule has 0 bridgehead atoms. The molecule has 0 fully saturated rings. The van der Waals surface area contributed by atoms with E-state index in [4.69, 9.17) is 10.0 Å². The Balaban J connectivity index is 0.000000138. The molecule has 0 unspecified atom stereocenters. The highest BCUT2D eigenvalue weighted by Crippen LogP contribution is 2.44. The van der Waals surface area contributed by atoms with Crippen LogP contribution in [0.2, 0.25) is 0 Å². The molecule has 0 aromatic heterocycles. The van der Waals surface area contributed by atoms with Gasteiger partial charge >= 0.3 is 7.12 Å². The van der Waals surface area contributed by atoms with Crippen LogP contribution in [0, 0.1) is 0 Å². The molecule has 420 valence electrons. The first-order valence-corrected chi connectivity index (χ1v) is 31.6. The van der Waals surface area contributed by atoms with E-state index in [0.717, 1.165) is 20.1 Å². The van der Waals surface area contributed by atoms with E-state index >= 15 is 0 Å². The molecular weight excluding hydrogens is 1210 g/mol. The summed E-state index contributed by atoms with van der Waals surface area (Å²) in [6, 6.07) is 115. The lowest BCUT2D eigenvalue weighted by atomic mass is 9.79. The molecule has 0 spiro atoms. The lowest BCUT2D eigenvalue weighted by Crippen LogP contribution is -2.29. The molecule has 5 heteroatoms. The van der Waals surface area contributed by atoms with Crippen LogP contribution in [0.4, 0.5) is 0 Å². The van der Waals surface area contributed by atoms with E-state index in [-0.39, 0.29) is 0 Å². The summed E-state index contributed by atoms with van der Waals surface area (Å²) >= 11 is 7.42. The Labute approximate surface area is 533 Å². The van der Waals surface area contributed by atoms with Gasteiger partial charge in [0.2, 0.25) is 0 Å². The molecule has 0 radical (unpaired) electrons. The predicted molar refractivity (Wildman–Crippen MR) is 389 cm³/mol. The van der Waals surface area contributed by atoms with E-state index in [1.165, 1.54) is 141 Å². The van der Waals surface area contributed by atoms with Crippen LogP contribution in [-0.2, 0) is 0 Å². The zero-order valence-corrected chi connectivity index (χ0v) is 51.5. The molecule has 0 heterocycles. The first-order chi connectivity index (χ1) is 43.8. The lowest BCUT2D eigenvalue weighted by molar-refractivity contribution is 0.426. The summed E-state index contributed by atoms with van der Waals surface area (Å²) in [6.07, 6.45) is 0. The summed E-state index contributed by atoms with van der Waals surface area (Å²) in [6.45, 7) is 0. The molecule has 17 aromatic rings. The van der Waals surface area contributed by atoms with Crippen LogP contribution in [0.5, 0.6) is 0 Å². The van der Waals surface area contributed by atoms with E-state index in [9.17, 15) is 0 Å². The third-order valence-electron chi connectivity index (χ3n) is 17.6. The molecule has 0 atom stereocenters. The summed E-state index contributed by atoms with van der Waals surface area (Å²) in [4.78, 5) is 0. The van der Waals surface area contributed by atoms with Gasteiger partial charge in [-0.1, -0.05) is 329 Å². The molecule has 17 rings (SSSR count). The molecule has 2 N–H and O–H groups in total. The Bertz CT molecular complexity index is 5250. The third kappa shape index (κ3) is 10.5. The molecule has 0 amide bonds. The average Bonchev–Trinajstić information content (AvgIpc) is 1.14. The lowest BCUT2D eigenvalue weighted by Gasteiger charge is -2.16. The Hall–Kier alpha value is -9.98. The van der Waals surface area contributed by atoms with Crippen molar-refractivity contribution in [1.82, 2.24) is 0 Å². The number of benzene rings is 17. The van der Waals surface area contributed by atoms with Crippen molar-refractivity contribution >= 4 is 141 Å². The van der Waals surface area contributed by atoms with Crippen molar-refractivity contribution in [3.63, 3.8) is 0 Å². The van der Waals surface area contributed by atoms with Crippen LogP contribution in [0.25, 0.3) is 153 Å². The SMILES string of the molecule is Brc1cc2c3ccccc3c(Br)cc2c2ccccc12.OB(O)c1ccc(-c2cccc3ccccc23)cc1.c1ccc2c(-c3ccc(-c4cc5c6ccccc6c(-c6ccc(-c7cccc8ccccc78)cc6)cc5c5ccccc45)cc3)cccc2c1. The van der Waals surface area contributed by atoms with Crippen LogP contribution in [-0.4, -0.2) is 17.2 Å². The van der Waals surface area contributed by atoms with Crippen molar-refractivity contribution in [2.75, 3.05) is 0 Å². The maximum absolute atomic E-state index is 9.11. The maximum Gasteiger partial charge on any atom is 0.488 e. The summed E-state index contributed by atoms with van der Waals surface area (Å²) < 4.78 is 2.29. The van der Waals surface area contributed by atoms with Crippen LogP contribution in [0.1, 0.15) is 0 Å². The third-order valence-corrected chi connectivity index (χ3v) is 18.9. The van der Waals surface area contributed by atoms with Gasteiger partial charge in [0.15, 0.2) is 0 Å². The van der Waals surface area contributed by atoms with Crippen molar-refractivity contribution in [3.8, 4) is 55.6 Å². The minimum Gasteiger partial charge on any atom is -0.423 e. The topological polar surface area (TPSA) is 40.5 Å². The minimum absolute atomic E-state index is 0.504.